The molecule has 0 aliphatic carbocycles. The zero-order chi connectivity index (χ0) is 13.4. The topological polar surface area (TPSA) is 18.5 Å². The highest BCUT2D eigenvalue weighted by Crippen LogP contribution is 2.17. The van der Waals surface area contributed by atoms with E-state index in [4.69, 9.17) is 9.39 Å². The first-order valence-electron chi connectivity index (χ1n) is 5.92. The van der Waals surface area contributed by atoms with E-state index < -0.39 is 6.92 Å². The van der Waals surface area contributed by atoms with Gasteiger partial charge >= 0.3 is 6.92 Å². The number of halogens is 2. The zero-order valence-electron chi connectivity index (χ0n) is 10.3. The van der Waals surface area contributed by atoms with Crippen LogP contribution in [0.1, 0.15) is 5.56 Å². The van der Waals surface area contributed by atoms with Gasteiger partial charge in [-0.1, -0.05) is 6.07 Å². The van der Waals surface area contributed by atoms with Gasteiger partial charge in [-0.3, -0.25) is 0 Å². The molecule has 1 aliphatic heterocycles. The SMILES string of the molecule is COc1ccc(F)cc1B1OCc2cc(F)ccc21. The lowest BCUT2D eigenvalue weighted by molar-refractivity contribution is 0.335. The van der Waals surface area contributed by atoms with E-state index in [2.05, 4.69) is 0 Å². The number of rotatable bonds is 2. The van der Waals surface area contributed by atoms with Gasteiger partial charge in [-0.2, -0.15) is 0 Å². The molecule has 0 spiro atoms. The molecule has 0 saturated carbocycles. The van der Waals surface area contributed by atoms with Crippen LogP contribution >= 0.6 is 0 Å². The van der Waals surface area contributed by atoms with Crippen molar-refractivity contribution in [3.63, 3.8) is 0 Å². The Balaban J connectivity index is 2.08. The lowest BCUT2D eigenvalue weighted by Crippen LogP contribution is -2.42. The molecule has 1 heterocycles. The van der Waals surface area contributed by atoms with E-state index in [-0.39, 0.29) is 11.6 Å². The van der Waals surface area contributed by atoms with Gasteiger partial charge in [0.05, 0.1) is 13.7 Å². The second-order valence-corrected chi connectivity index (χ2v) is 4.42. The third-order valence-corrected chi connectivity index (χ3v) is 3.27. The molecule has 1 aliphatic rings. The molecular weight excluding hydrogens is 249 g/mol. The zero-order valence-corrected chi connectivity index (χ0v) is 10.3. The number of hydrogen-bond donors (Lipinski definition) is 0. The third kappa shape index (κ3) is 2.10. The van der Waals surface area contributed by atoms with Gasteiger partial charge in [-0.15, -0.1) is 0 Å². The summed E-state index contributed by atoms with van der Waals surface area (Å²) in [5.41, 5.74) is 2.26. The number of fused-ring (bicyclic) bond motifs is 1. The monoisotopic (exact) mass is 260 g/mol. The summed E-state index contributed by atoms with van der Waals surface area (Å²) in [5.74, 6) is -0.0901. The minimum atomic E-state index is -0.416. The third-order valence-electron chi connectivity index (χ3n) is 3.27. The first-order chi connectivity index (χ1) is 9.19. The summed E-state index contributed by atoms with van der Waals surface area (Å²) in [5, 5.41) is 0. The molecule has 2 nitrogen and oxygen atoms in total. The Hall–Kier alpha value is -1.88. The summed E-state index contributed by atoms with van der Waals surface area (Å²) in [6.07, 6.45) is 0. The summed E-state index contributed by atoms with van der Waals surface area (Å²) in [7, 11) is 1.53. The van der Waals surface area contributed by atoms with Crippen molar-refractivity contribution in [1.29, 1.82) is 0 Å². The molecule has 0 unspecified atom stereocenters. The maximum atomic E-state index is 13.4. The summed E-state index contributed by atoms with van der Waals surface area (Å²) < 4.78 is 37.4. The molecule has 0 fully saturated rings. The minimum Gasteiger partial charge on any atom is -0.497 e. The molecule has 0 aromatic heterocycles. The second-order valence-electron chi connectivity index (χ2n) is 4.42. The van der Waals surface area contributed by atoms with E-state index in [9.17, 15) is 8.78 Å². The molecule has 5 heteroatoms. The van der Waals surface area contributed by atoms with Crippen molar-refractivity contribution < 1.29 is 18.2 Å². The van der Waals surface area contributed by atoms with Crippen LogP contribution in [0.2, 0.25) is 0 Å². The van der Waals surface area contributed by atoms with Gasteiger partial charge in [0, 0.05) is 5.46 Å². The van der Waals surface area contributed by atoms with Crippen molar-refractivity contribution in [1.82, 2.24) is 0 Å². The van der Waals surface area contributed by atoms with E-state index >= 15 is 0 Å². The Kier molecular flexibility index (Phi) is 2.99. The normalized spacial score (nSPS) is 13.5. The average Bonchev–Trinajstić information content (AvgIpc) is 2.81. The van der Waals surface area contributed by atoms with Gasteiger partial charge in [0.25, 0.3) is 0 Å². The molecule has 96 valence electrons. The summed E-state index contributed by atoms with van der Waals surface area (Å²) in [6.45, 7) is -0.0986. The Morgan fingerprint density at radius 3 is 2.58 bits per heavy atom. The summed E-state index contributed by atoms with van der Waals surface area (Å²) in [4.78, 5) is 0. The largest absolute Gasteiger partial charge is 0.497 e. The molecule has 0 bridgehead atoms. The van der Waals surface area contributed by atoms with Crippen LogP contribution in [0.3, 0.4) is 0 Å². The smallest absolute Gasteiger partial charge is 0.366 e. The summed E-state index contributed by atoms with van der Waals surface area (Å²) in [6, 6.07) is 8.79. The van der Waals surface area contributed by atoms with Crippen LogP contribution in [0.25, 0.3) is 0 Å². The molecule has 19 heavy (non-hydrogen) atoms. The molecule has 0 amide bonds. The average molecular weight is 260 g/mol. The number of ether oxygens (including phenoxy) is 1. The van der Waals surface area contributed by atoms with Crippen molar-refractivity contribution in [3.05, 3.63) is 53.6 Å². The molecule has 0 atom stereocenters. The second kappa shape index (κ2) is 4.66. The van der Waals surface area contributed by atoms with Crippen LogP contribution in [-0.2, 0) is 11.3 Å². The van der Waals surface area contributed by atoms with Crippen molar-refractivity contribution in [2.45, 2.75) is 6.61 Å². The Morgan fingerprint density at radius 2 is 1.79 bits per heavy atom. The number of benzene rings is 2. The first kappa shape index (κ1) is 12.2. The quantitative estimate of drug-likeness (QED) is 0.764. The maximum Gasteiger partial charge on any atom is 0.366 e. The number of methoxy groups -OCH3 is 1. The lowest BCUT2D eigenvalue weighted by atomic mass is 9.55. The van der Waals surface area contributed by atoms with Crippen LogP contribution in [-0.4, -0.2) is 14.0 Å². The molecular formula is C14H11BF2O2. The molecule has 2 aromatic rings. The van der Waals surface area contributed by atoms with Crippen LogP contribution in [0.5, 0.6) is 5.75 Å². The predicted octanol–water partition coefficient (Wildman–Crippen LogP) is 1.61. The van der Waals surface area contributed by atoms with Crippen LogP contribution < -0.4 is 15.7 Å². The van der Waals surface area contributed by atoms with Crippen LogP contribution in [0.4, 0.5) is 8.78 Å². The summed E-state index contributed by atoms with van der Waals surface area (Å²) >= 11 is 0. The number of hydrogen-bond acceptors (Lipinski definition) is 2. The standard InChI is InChI=1S/C14H11BF2O2/c1-18-14-5-3-11(17)7-13(14)15-12-4-2-10(16)6-9(12)8-19-15/h2-7H,8H2,1H3. The van der Waals surface area contributed by atoms with Crippen molar-refractivity contribution >= 4 is 17.8 Å². The highest BCUT2D eigenvalue weighted by atomic mass is 19.1. The van der Waals surface area contributed by atoms with Gasteiger partial charge < -0.3 is 9.39 Å². The minimum absolute atomic E-state index is 0.297. The molecule has 3 rings (SSSR count). The van der Waals surface area contributed by atoms with Gasteiger partial charge in [-0.25, -0.2) is 8.78 Å². The molecule has 0 saturated heterocycles. The predicted molar refractivity (Wildman–Crippen MR) is 69.2 cm³/mol. The van der Waals surface area contributed by atoms with Crippen LogP contribution in [0.15, 0.2) is 36.4 Å². The van der Waals surface area contributed by atoms with Crippen molar-refractivity contribution in [2.75, 3.05) is 7.11 Å². The fourth-order valence-corrected chi connectivity index (χ4v) is 2.39. The van der Waals surface area contributed by atoms with Crippen molar-refractivity contribution in [2.24, 2.45) is 0 Å². The van der Waals surface area contributed by atoms with E-state index in [1.54, 1.807) is 12.1 Å². The van der Waals surface area contributed by atoms with E-state index in [1.807, 2.05) is 0 Å². The first-order valence-corrected chi connectivity index (χ1v) is 5.92. The molecule has 0 radical (unpaired) electrons. The fraction of sp³-hybridized carbons (Fsp3) is 0.143. The molecule has 2 aromatic carbocycles. The Bertz CT molecular complexity index is 631. The Morgan fingerprint density at radius 1 is 1.05 bits per heavy atom. The highest BCUT2D eigenvalue weighted by molar-refractivity contribution is 6.81. The maximum absolute atomic E-state index is 13.4. The Labute approximate surface area is 110 Å². The van der Waals surface area contributed by atoms with Gasteiger partial charge in [0.15, 0.2) is 0 Å². The fourth-order valence-electron chi connectivity index (χ4n) is 2.39. The molecule has 0 N–H and O–H groups in total. The van der Waals surface area contributed by atoms with Gasteiger partial charge in [0.2, 0.25) is 0 Å². The van der Waals surface area contributed by atoms with E-state index in [0.29, 0.717) is 17.8 Å². The van der Waals surface area contributed by atoms with Gasteiger partial charge in [-0.05, 0) is 41.4 Å². The van der Waals surface area contributed by atoms with Crippen LogP contribution in [0, 0.1) is 11.6 Å². The lowest BCUT2D eigenvalue weighted by Gasteiger charge is -2.12. The highest BCUT2D eigenvalue weighted by Gasteiger charge is 2.32. The van der Waals surface area contributed by atoms with E-state index in [1.165, 1.54) is 31.4 Å². The van der Waals surface area contributed by atoms with Gasteiger partial charge in [0.1, 0.15) is 17.4 Å². The van der Waals surface area contributed by atoms with Crippen molar-refractivity contribution in [3.8, 4) is 5.75 Å². The van der Waals surface area contributed by atoms with E-state index in [0.717, 1.165) is 11.0 Å².